The number of piperidine rings is 1. The maximum absolute atomic E-state index is 9.71. The molecule has 1 saturated heterocycles. The summed E-state index contributed by atoms with van der Waals surface area (Å²) in [7, 11) is 0. The standard InChI is InChI=1S/C21H29N5O/c1-13-3-6-19-15(11-13)12-18(20(22)23-14(2)27)21(25-19)26-9-7-17(8-10-26)24-16-4-5-16/h3,6,11-12,14,16-17,24,27H,4-5,7-10H2,1-2H3,(H2,22,23)/p+1. The van der Waals surface area contributed by atoms with Crippen molar-refractivity contribution < 1.29 is 10.1 Å². The second-order valence-electron chi connectivity index (χ2n) is 7.99. The maximum atomic E-state index is 9.71. The molecule has 144 valence electrons. The molecule has 2 aliphatic rings. The van der Waals surface area contributed by atoms with Gasteiger partial charge in [0.1, 0.15) is 11.4 Å². The summed E-state index contributed by atoms with van der Waals surface area (Å²) in [4.78, 5) is 10.2. The third-order valence-corrected chi connectivity index (χ3v) is 5.45. The molecule has 5 N–H and O–H groups in total. The van der Waals surface area contributed by atoms with E-state index >= 15 is 0 Å². The number of benzene rings is 1. The molecule has 6 nitrogen and oxygen atoms in total. The molecule has 2 aromatic rings. The van der Waals surface area contributed by atoms with Crippen LogP contribution in [-0.4, -0.2) is 47.3 Å². The molecule has 2 heterocycles. The monoisotopic (exact) mass is 368 g/mol. The topological polar surface area (TPSA) is 88.4 Å². The molecule has 1 aliphatic carbocycles. The number of hydrogen-bond donors (Lipinski definition) is 4. The quantitative estimate of drug-likeness (QED) is 0.348. The first kappa shape index (κ1) is 18.2. The molecule has 1 aromatic carbocycles. The van der Waals surface area contributed by atoms with Gasteiger partial charge in [-0.1, -0.05) is 11.6 Å². The van der Waals surface area contributed by atoms with Crippen LogP contribution in [0.15, 0.2) is 24.3 Å². The zero-order valence-corrected chi connectivity index (χ0v) is 16.2. The van der Waals surface area contributed by atoms with Crippen LogP contribution in [0, 0.1) is 6.92 Å². The van der Waals surface area contributed by atoms with E-state index in [4.69, 9.17) is 10.7 Å². The lowest BCUT2D eigenvalue weighted by Crippen LogP contribution is -2.81. The number of hydrogen-bond acceptors (Lipinski definition) is 4. The van der Waals surface area contributed by atoms with Gasteiger partial charge in [0.05, 0.1) is 5.52 Å². The molecule has 4 rings (SSSR count). The number of aryl methyl sites for hydroxylation is 1. The van der Waals surface area contributed by atoms with Gasteiger partial charge < -0.3 is 15.3 Å². The number of anilines is 1. The fourth-order valence-electron chi connectivity index (χ4n) is 3.87. The molecule has 27 heavy (non-hydrogen) atoms. The molecule has 6 heteroatoms. The maximum Gasteiger partial charge on any atom is 0.278 e. The van der Waals surface area contributed by atoms with Gasteiger partial charge in [0.15, 0.2) is 6.23 Å². The van der Waals surface area contributed by atoms with Crippen LogP contribution in [0.1, 0.15) is 43.7 Å². The lowest BCUT2D eigenvalue weighted by molar-refractivity contribution is -0.550. The van der Waals surface area contributed by atoms with E-state index in [-0.39, 0.29) is 0 Å². The third-order valence-electron chi connectivity index (χ3n) is 5.45. The molecule has 1 unspecified atom stereocenters. The number of nitrogens with two attached hydrogens (primary N) is 1. The lowest BCUT2D eigenvalue weighted by Gasteiger charge is -2.34. The Morgan fingerprint density at radius 2 is 1.93 bits per heavy atom. The van der Waals surface area contributed by atoms with E-state index in [0.717, 1.165) is 54.3 Å². The zero-order chi connectivity index (χ0) is 19.0. The van der Waals surface area contributed by atoms with Crippen LogP contribution < -0.4 is 20.9 Å². The summed E-state index contributed by atoms with van der Waals surface area (Å²) in [6, 6.07) is 9.72. The Morgan fingerprint density at radius 3 is 2.59 bits per heavy atom. The van der Waals surface area contributed by atoms with Gasteiger partial charge in [-0.25, -0.2) is 9.98 Å². The molecule has 0 radical (unpaired) electrons. The molecule has 0 amide bonds. The minimum atomic E-state index is -0.709. The number of rotatable bonds is 5. The average Bonchev–Trinajstić information content (AvgIpc) is 3.44. The van der Waals surface area contributed by atoms with Crippen molar-refractivity contribution in [2.24, 2.45) is 5.73 Å². The number of nitrogen functional groups attached to an aromatic ring is 1. The van der Waals surface area contributed by atoms with Crippen LogP contribution in [0.4, 0.5) is 5.82 Å². The highest BCUT2D eigenvalue weighted by Gasteiger charge is 2.29. The van der Waals surface area contributed by atoms with E-state index < -0.39 is 6.23 Å². The highest BCUT2D eigenvalue weighted by atomic mass is 16.3. The van der Waals surface area contributed by atoms with Crippen molar-refractivity contribution in [2.75, 3.05) is 18.0 Å². The summed E-state index contributed by atoms with van der Waals surface area (Å²) < 4.78 is 0. The minimum Gasteiger partial charge on any atom is -0.356 e. The van der Waals surface area contributed by atoms with E-state index in [0.29, 0.717) is 11.9 Å². The van der Waals surface area contributed by atoms with Gasteiger partial charge in [0, 0.05) is 37.5 Å². The molecular formula is C21H30N5O+. The molecule has 0 spiro atoms. The van der Waals surface area contributed by atoms with Crippen LogP contribution in [0.3, 0.4) is 0 Å². The number of pyridine rings is 1. The highest BCUT2D eigenvalue weighted by molar-refractivity contribution is 6.01. The van der Waals surface area contributed by atoms with Crippen molar-refractivity contribution in [3.05, 3.63) is 35.4 Å². The summed E-state index contributed by atoms with van der Waals surface area (Å²) in [6.07, 6.45) is 4.18. The summed E-state index contributed by atoms with van der Waals surface area (Å²) in [6.45, 7) is 5.67. The number of fused-ring (bicyclic) bond motifs is 1. The summed E-state index contributed by atoms with van der Waals surface area (Å²) in [5.41, 5.74) is 9.33. The van der Waals surface area contributed by atoms with Crippen molar-refractivity contribution in [3.8, 4) is 0 Å². The number of nitrogens with zero attached hydrogens (tertiary/aromatic N) is 2. The second kappa shape index (κ2) is 7.44. The number of aliphatic hydroxyl groups is 1. The van der Waals surface area contributed by atoms with Crippen molar-refractivity contribution >= 4 is 22.6 Å². The van der Waals surface area contributed by atoms with Gasteiger partial charge in [0.25, 0.3) is 5.84 Å². The predicted octanol–water partition coefficient (Wildman–Crippen LogP) is 0.388. The largest absolute Gasteiger partial charge is 0.356 e. The van der Waals surface area contributed by atoms with E-state index in [2.05, 4.69) is 46.4 Å². The van der Waals surface area contributed by atoms with Crippen molar-refractivity contribution in [3.63, 3.8) is 0 Å². The van der Waals surface area contributed by atoms with Crippen molar-refractivity contribution in [1.29, 1.82) is 0 Å². The Balaban J connectivity index is 1.66. The van der Waals surface area contributed by atoms with Gasteiger partial charge >= 0.3 is 0 Å². The van der Waals surface area contributed by atoms with Crippen LogP contribution in [0.5, 0.6) is 0 Å². The Morgan fingerprint density at radius 1 is 1.22 bits per heavy atom. The van der Waals surface area contributed by atoms with Crippen LogP contribution >= 0.6 is 0 Å². The number of aliphatic hydroxyl groups excluding tert-OH is 1. The summed E-state index contributed by atoms with van der Waals surface area (Å²) in [5.74, 6) is 1.37. The first-order chi connectivity index (χ1) is 13.0. The molecule has 2 fully saturated rings. The van der Waals surface area contributed by atoms with Crippen LogP contribution in [-0.2, 0) is 0 Å². The number of nitrogens with one attached hydrogen (secondary N) is 2. The van der Waals surface area contributed by atoms with Crippen LogP contribution in [0.2, 0.25) is 0 Å². The Bertz CT molecular complexity index is 851. The van der Waals surface area contributed by atoms with E-state index in [1.807, 2.05) is 0 Å². The highest BCUT2D eigenvalue weighted by Crippen LogP contribution is 2.28. The smallest absolute Gasteiger partial charge is 0.278 e. The fourth-order valence-corrected chi connectivity index (χ4v) is 3.87. The first-order valence-electron chi connectivity index (χ1n) is 9.99. The van der Waals surface area contributed by atoms with Crippen molar-refractivity contribution in [1.82, 2.24) is 10.3 Å². The molecule has 1 aliphatic heterocycles. The predicted molar refractivity (Wildman–Crippen MR) is 109 cm³/mol. The molecule has 1 aromatic heterocycles. The second-order valence-corrected chi connectivity index (χ2v) is 7.99. The van der Waals surface area contributed by atoms with E-state index in [1.165, 1.54) is 18.4 Å². The molecular weight excluding hydrogens is 338 g/mol. The van der Waals surface area contributed by atoms with E-state index in [9.17, 15) is 5.11 Å². The van der Waals surface area contributed by atoms with Gasteiger partial charge in [-0.2, -0.15) is 0 Å². The first-order valence-corrected chi connectivity index (χ1v) is 9.99. The van der Waals surface area contributed by atoms with Gasteiger partial charge in [-0.3, -0.25) is 5.73 Å². The van der Waals surface area contributed by atoms with E-state index in [1.54, 1.807) is 6.92 Å². The molecule has 0 bridgehead atoms. The normalized spacial score (nSPS) is 20.3. The van der Waals surface area contributed by atoms with Gasteiger partial charge in [-0.05, 0) is 50.8 Å². The average molecular weight is 369 g/mol. The minimum absolute atomic E-state index is 0.467. The van der Waals surface area contributed by atoms with Gasteiger partial charge in [-0.15, -0.1) is 0 Å². The molecule has 1 saturated carbocycles. The Labute approximate surface area is 160 Å². The van der Waals surface area contributed by atoms with Gasteiger partial charge in [0.2, 0.25) is 0 Å². The third kappa shape index (κ3) is 4.22. The fraction of sp³-hybridized carbons (Fsp3) is 0.524. The lowest BCUT2D eigenvalue weighted by atomic mass is 10.0. The Hall–Kier alpha value is -2.18. The Kier molecular flexibility index (Phi) is 5.02. The summed E-state index contributed by atoms with van der Waals surface area (Å²) in [5, 5.41) is 14.5. The number of aromatic nitrogens is 1. The summed E-state index contributed by atoms with van der Waals surface area (Å²) >= 11 is 0. The van der Waals surface area contributed by atoms with Crippen molar-refractivity contribution in [2.45, 2.75) is 57.8 Å². The molecule has 1 atom stereocenters. The number of amidine groups is 1. The SMILES string of the molecule is Cc1ccc2nc(N3CCC(NC4CC4)CC3)c(/C(N)=[NH+]/C(C)O)cc2c1. The van der Waals surface area contributed by atoms with Crippen LogP contribution in [0.25, 0.3) is 10.9 Å². The zero-order valence-electron chi connectivity index (χ0n) is 16.2.